The number of carbonyl (C=O) groups excluding carboxylic acids is 1. The van der Waals surface area contributed by atoms with Crippen molar-refractivity contribution in [3.8, 4) is 5.75 Å². The molecule has 1 aromatic rings. The molecule has 1 rings (SSSR count). The van der Waals surface area contributed by atoms with Gasteiger partial charge < -0.3 is 14.6 Å². The van der Waals surface area contributed by atoms with E-state index in [1.54, 1.807) is 0 Å². The largest absolute Gasteiger partial charge is 0.493 e. The summed E-state index contributed by atoms with van der Waals surface area (Å²) in [4.78, 5) is 22.0. The summed E-state index contributed by atoms with van der Waals surface area (Å²) in [6.45, 7) is 4.01. The minimum absolute atomic E-state index is 0.0941. The molecular formula is C25H36O5. The standard InChI is InChI=1S/C25H36O5/c1-3-4-5-6-7-8-16-23(30-21(2)26)17-11-9-14-22-15-10-12-18-24(22)29-20-13-19-25(27)28/h9-12,14-15,17-18,23H,3-8,13,16,19-20H2,1-2H3,(H,27,28)/b14-9+,17-11+. The van der Waals surface area contributed by atoms with E-state index in [1.165, 1.54) is 32.6 Å². The Labute approximate surface area is 180 Å². The Morgan fingerprint density at radius 1 is 1.03 bits per heavy atom. The Hall–Kier alpha value is -2.56. The number of unbranched alkanes of at least 4 members (excludes halogenated alkanes) is 5. The number of carboxylic acids is 1. The molecular weight excluding hydrogens is 380 g/mol. The molecule has 5 nitrogen and oxygen atoms in total. The molecule has 1 aromatic carbocycles. The van der Waals surface area contributed by atoms with Crippen LogP contribution in [0.4, 0.5) is 0 Å². The number of carboxylic acid groups (broad SMARTS) is 1. The van der Waals surface area contributed by atoms with Gasteiger partial charge in [0.25, 0.3) is 0 Å². The predicted molar refractivity (Wildman–Crippen MR) is 121 cm³/mol. The normalized spacial score (nSPS) is 12.3. The number of hydrogen-bond acceptors (Lipinski definition) is 4. The van der Waals surface area contributed by atoms with Gasteiger partial charge in [-0.05, 0) is 31.4 Å². The van der Waals surface area contributed by atoms with E-state index in [2.05, 4.69) is 6.92 Å². The molecule has 0 aliphatic rings. The lowest BCUT2D eigenvalue weighted by Crippen LogP contribution is -2.13. The summed E-state index contributed by atoms with van der Waals surface area (Å²) in [6.07, 6.45) is 16.1. The highest BCUT2D eigenvalue weighted by Gasteiger charge is 2.07. The summed E-state index contributed by atoms with van der Waals surface area (Å²) in [6, 6.07) is 7.62. The highest BCUT2D eigenvalue weighted by atomic mass is 16.5. The van der Waals surface area contributed by atoms with Gasteiger partial charge in [-0.3, -0.25) is 9.59 Å². The lowest BCUT2D eigenvalue weighted by Gasteiger charge is -2.12. The summed E-state index contributed by atoms with van der Waals surface area (Å²) in [5.74, 6) is -0.365. The van der Waals surface area contributed by atoms with Crippen molar-refractivity contribution < 1.29 is 24.2 Å². The van der Waals surface area contributed by atoms with Gasteiger partial charge in [0.1, 0.15) is 11.9 Å². The van der Waals surface area contributed by atoms with Gasteiger partial charge in [-0.1, -0.05) is 75.5 Å². The average Bonchev–Trinajstić information content (AvgIpc) is 2.71. The van der Waals surface area contributed by atoms with Crippen molar-refractivity contribution in [2.45, 2.75) is 77.7 Å². The van der Waals surface area contributed by atoms with E-state index in [9.17, 15) is 9.59 Å². The second kappa shape index (κ2) is 16.3. The summed E-state index contributed by atoms with van der Waals surface area (Å²) >= 11 is 0. The monoisotopic (exact) mass is 416 g/mol. The molecule has 0 saturated heterocycles. The Balaban J connectivity index is 2.54. The average molecular weight is 417 g/mol. The molecule has 0 aromatic heterocycles. The van der Waals surface area contributed by atoms with Crippen LogP contribution in [0.1, 0.15) is 77.2 Å². The van der Waals surface area contributed by atoms with Crippen LogP contribution in [0.3, 0.4) is 0 Å². The van der Waals surface area contributed by atoms with Gasteiger partial charge in [-0.15, -0.1) is 0 Å². The molecule has 5 heteroatoms. The molecule has 0 aliphatic heterocycles. The zero-order valence-corrected chi connectivity index (χ0v) is 18.3. The molecule has 30 heavy (non-hydrogen) atoms. The first-order chi connectivity index (χ1) is 14.5. The molecule has 0 saturated carbocycles. The van der Waals surface area contributed by atoms with Crippen molar-refractivity contribution in [1.82, 2.24) is 0 Å². The van der Waals surface area contributed by atoms with Crippen LogP contribution in [0.5, 0.6) is 5.75 Å². The van der Waals surface area contributed by atoms with Crippen LogP contribution < -0.4 is 4.74 Å². The minimum atomic E-state index is -0.819. The maximum atomic E-state index is 11.4. The molecule has 0 heterocycles. The van der Waals surface area contributed by atoms with Gasteiger partial charge in [0.2, 0.25) is 0 Å². The topological polar surface area (TPSA) is 72.8 Å². The zero-order chi connectivity index (χ0) is 22.0. The van der Waals surface area contributed by atoms with Crippen molar-refractivity contribution in [2.24, 2.45) is 0 Å². The number of para-hydroxylation sites is 1. The van der Waals surface area contributed by atoms with Gasteiger partial charge in [0.05, 0.1) is 6.61 Å². The summed E-state index contributed by atoms with van der Waals surface area (Å²) in [7, 11) is 0. The highest BCUT2D eigenvalue weighted by Crippen LogP contribution is 2.20. The second-order valence-electron chi connectivity index (χ2n) is 7.33. The molecule has 0 aliphatic carbocycles. The quantitative estimate of drug-likeness (QED) is 0.198. The second-order valence-corrected chi connectivity index (χ2v) is 7.33. The van der Waals surface area contributed by atoms with Crippen LogP contribution in [0, 0.1) is 0 Å². The highest BCUT2D eigenvalue weighted by molar-refractivity contribution is 5.66. The van der Waals surface area contributed by atoms with Gasteiger partial charge in [0, 0.05) is 18.9 Å². The number of carbonyl (C=O) groups is 2. The smallest absolute Gasteiger partial charge is 0.303 e. The Morgan fingerprint density at radius 3 is 2.50 bits per heavy atom. The molecule has 1 N–H and O–H groups in total. The van der Waals surface area contributed by atoms with E-state index in [4.69, 9.17) is 14.6 Å². The van der Waals surface area contributed by atoms with E-state index in [1.807, 2.05) is 48.6 Å². The van der Waals surface area contributed by atoms with Crippen molar-refractivity contribution in [3.63, 3.8) is 0 Å². The third kappa shape index (κ3) is 12.8. The molecule has 0 fully saturated rings. The Bertz CT molecular complexity index is 678. The third-order valence-corrected chi connectivity index (χ3v) is 4.58. The molecule has 166 valence electrons. The lowest BCUT2D eigenvalue weighted by molar-refractivity contribution is -0.144. The summed E-state index contributed by atoms with van der Waals surface area (Å²) in [5, 5.41) is 8.70. The number of esters is 1. The lowest BCUT2D eigenvalue weighted by atomic mass is 10.1. The molecule has 1 atom stereocenters. The fourth-order valence-corrected chi connectivity index (χ4v) is 3.04. The van der Waals surface area contributed by atoms with E-state index in [-0.39, 0.29) is 18.5 Å². The molecule has 0 spiro atoms. The number of aliphatic carboxylic acids is 1. The first kappa shape index (κ1) is 25.5. The minimum Gasteiger partial charge on any atom is -0.493 e. The Morgan fingerprint density at radius 2 is 1.77 bits per heavy atom. The number of benzene rings is 1. The molecule has 0 amide bonds. The molecule has 0 bridgehead atoms. The van der Waals surface area contributed by atoms with E-state index in [0.29, 0.717) is 13.0 Å². The van der Waals surface area contributed by atoms with Gasteiger partial charge in [-0.2, -0.15) is 0 Å². The van der Waals surface area contributed by atoms with Gasteiger partial charge in [-0.25, -0.2) is 0 Å². The van der Waals surface area contributed by atoms with Crippen molar-refractivity contribution in [1.29, 1.82) is 0 Å². The van der Waals surface area contributed by atoms with E-state index >= 15 is 0 Å². The van der Waals surface area contributed by atoms with Crippen LogP contribution in [-0.4, -0.2) is 29.8 Å². The Kier molecular flexibility index (Phi) is 13.8. The van der Waals surface area contributed by atoms with Crippen LogP contribution in [0.25, 0.3) is 6.08 Å². The summed E-state index contributed by atoms with van der Waals surface area (Å²) in [5.41, 5.74) is 0.914. The first-order valence-corrected chi connectivity index (χ1v) is 11.0. The number of rotatable bonds is 16. The van der Waals surface area contributed by atoms with Crippen LogP contribution in [0.15, 0.2) is 42.5 Å². The van der Waals surface area contributed by atoms with Crippen molar-refractivity contribution >= 4 is 18.0 Å². The maximum absolute atomic E-state index is 11.4. The van der Waals surface area contributed by atoms with Crippen molar-refractivity contribution in [3.05, 3.63) is 48.1 Å². The van der Waals surface area contributed by atoms with E-state index in [0.717, 1.165) is 30.6 Å². The van der Waals surface area contributed by atoms with Crippen LogP contribution >= 0.6 is 0 Å². The maximum Gasteiger partial charge on any atom is 0.303 e. The molecule has 1 unspecified atom stereocenters. The van der Waals surface area contributed by atoms with E-state index < -0.39 is 5.97 Å². The fraction of sp³-hybridized carbons (Fsp3) is 0.520. The fourth-order valence-electron chi connectivity index (χ4n) is 3.04. The van der Waals surface area contributed by atoms with Crippen LogP contribution in [-0.2, 0) is 14.3 Å². The van der Waals surface area contributed by atoms with Crippen LogP contribution in [0.2, 0.25) is 0 Å². The first-order valence-electron chi connectivity index (χ1n) is 11.0. The number of allylic oxidation sites excluding steroid dienone is 2. The van der Waals surface area contributed by atoms with Crippen molar-refractivity contribution in [2.75, 3.05) is 6.61 Å². The molecule has 0 radical (unpaired) electrons. The zero-order valence-electron chi connectivity index (χ0n) is 18.3. The number of hydrogen-bond donors (Lipinski definition) is 1. The summed E-state index contributed by atoms with van der Waals surface area (Å²) < 4.78 is 11.1. The predicted octanol–water partition coefficient (Wildman–Crippen LogP) is 6.18. The van der Waals surface area contributed by atoms with Gasteiger partial charge >= 0.3 is 11.9 Å². The third-order valence-electron chi connectivity index (χ3n) is 4.58. The SMILES string of the molecule is CCCCCCCCC(/C=C/C=C/c1ccccc1OCCCC(=O)O)OC(C)=O. The number of ether oxygens (including phenoxy) is 2. The van der Waals surface area contributed by atoms with Gasteiger partial charge in [0.15, 0.2) is 0 Å².